The van der Waals surface area contributed by atoms with E-state index in [4.69, 9.17) is 0 Å². The third-order valence-electron chi connectivity index (χ3n) is 9.44. The number of aliphatic hydroxyl groups excluding tert-OH is 1. The van der Waals surface area contributed by atoms with Crippen LogP contribution in [-0.2, 0) is 20.2 Å². The fraction of sp³-hybridized carbons (Fsp3) is 0.0222. The number of benzene rings is 8. The topological polar surface area (TPSA) is 252 Å². The van der Waals surface area contributed by atoms with Crippen LogP contribution in [0, 0.1) is 0 Å². The zero-order chi connectivity index (χ0) is 44.7. The average Bonchev–Trinajstić information content (AvgIpc) is 3.29. The summed E-state index contributed by atoms with van der Waals surface area (Å²) in [6.45, 7) is 0. The molecule has 0 aliphatic rings. The molecule has 64 heavy (non-hydrogen) atoms. The highest BCUT2D eigenvalue weighted by Crippen LogP contribution is 2.38. The Bertz CT molecular complexity index is 3340. The van der Waals surface area contributed by atoms with Crippen LogP contribution in [0.3, 0.4) is 0 Å². The third-order valence-corrected chi connectivity index (χ3v) is 11.2. The number of azo groups is 4. The molecule has 5 N–H and O–H groups in total. The molecule has 0 aromatic heterocycles. The van der Waals surface area contributed by atoms with E-state index in [1.165, 1.54) is 36.4 Å². The molecule has 8 rings (SSSR count). The molecule has 0 fully saturated rings. The van der Waals surface area contributed by atoms with Crippen molar-refractivity contribution >= 4 is 98.7 Å². The molecule has 0 heterocycles. The van der Waals surface area contributed by atoms with E-state index in [9.17, 15) is 31.0 Å². The lowest BCUT2D eigenvalue weighted by atomic mass is 10.1. The van der Waals surface area contributed by atoms with Gasteiger partial charge in [0.25, 0.3) is 20.2 Å². The van der Waals surface area contributed by atoms with Crippen LogP contribution in [0.25, 0.3) is 21.5 Å². The molecule has 0 radical (unpaired) electrons. The van der Waals surface area contributed by atoms with E-state index in [2.05, 4.69) is 51.5 Å². The molecule has 8 aromatic rings. The van der Waals surface area contributed by atoms with Crippen molar-refractivity contribution < 1.29 is 31.0 Å². The average molecular weight is 891 g/mol. The maximum absolute atomic E-state index is 12.0. The van der Waals surface area contributed by atoms with Crippen LogP contribution in [0.2, 0.25) is 0 Å². The summed E-state index contributed by atoms with van der Waals surface area (Å²) in [7, 11) is -8.97. The molecule has 0 spiro atoms. The Balaban J connectivity index is 0.903. The Morgan fingerprint density at radius 1 is 0.359 bits per heavy atom. The Morgan fingerprint density at radius 3 is 1.12 bits per heavy atom. The van der Waals surface area contributed by atoms with E-state index >= 15 is 0 Å². The van der Waals surface area contributed by atoms with Crippen molar-refractivity contribution in [2.24, 2.45) is 40.9 Å². The molecule has 1 unspecified atom stereocenters. The lowest BCUT2D eigenvalue weighted by molar-refractivity contribution is 0.233. The summed E-state index contributed by atoms with van der Waals surface area (Å²) in [5.41, 5.74) is 5.26. The monoisotopic (exact) mass is 890 g/mol. The summed E-state index contributed by atoms with van der Waals surface area (Å²) < 4.78 is 65.6. The van der Waals surface area contributed by atoms with Crippen molar-refractivity contribution in [3.8, 4) is 0 Å². The van der Waals surface area contributed by atoms with Gasteiger partial charge in [0.1, 0.15) is 0 Å². The van der Waals surface area contributed by atoms with Crippen LogP contribution >= 0.6 is 0 Å². The molecule has 19 heteroatoms. The van der Waals surface area contributed by atoms with Crippen LogP contribution in [-0.4, -0.2) is 37.4 Å². The van der Waals surface area contributed by atoms with E-state index in [0.29, 0.717) is 39.5 Å². The molecule has 1 atom stereocenters. The minimum Gasteiger partial charge on any atom is -0.357 e. The molecule has 0 saturated heterocycles. The van der Waals surface area contributed by atoms with Gasteiger partial charge in [-0.25, -0.2) is 0 Å². The Hall–Kier alpha value is -7.94. The maximum Gasteiger partial charge on any atom is 0.294 e. The summed E-state index contributed by atoms with van der Waals surface area (Å²) in [6, 6.07) is 46.9. The summed E-state index contributed by atoms with van der Waals surface area (Å²) in [6.07, 6.45) is -1.16. The standard InChI is InChI=1S/C45H34N10O7S2/c56-45(46-29-10-14-32(15-11-29)49-53-42-25-24-41(37-8-4-5-9-38(37)42)52-48-31-6-2-1-3-7-31)47-30-12-16-33(17-13-30)50-54-43-26-27-44(40-28-36(64(60,61)62)22-23-39(40)43)55-51-34-18-20-35(21-19-34)63(57,58)59/h1-28,45-47,56H,(H,57,58,59)(H,60,61,62)/b52-48+,53-49+,54-50+,55-51+. The Morgan fingerprint density at radius 2 is 0.703 bits per heavy atom. The van der Waals surface area contributed by atoms with Gasteiger partial charge in [-0.05, 0) is 121 Å². The maximum atomic E-state index is 12.0. The Labute approximate surface area is 365 Å². The van der Waals surface area contributed by atoms with Gasteiger partial charge < -0.3 is 15.7 Å². The minimum atomic E-state index is -4.57. The van der Waals surface area contributed by atoms with E-state index < -0.39 is 26.6 Å². The molecule has 0 saturated carbocycles. The van der Waals surface area contributed by atoms with E-state index in [-0.39, 0.29) is 26.6 Å². The highest BCUT2D eigenvalue weighted by atomic mass is 32.2. The second kappa shape index (κ2) is 18.6. The van der Waals surface area contributed by atoms with Crippen molar-refractivity contribution in [1.29, 1.82) is 0 Å². The molecule has 0 aliphatic carbocycles. The molecule has 8 aromatic carbocycles. The molecular formula is C45H34N10O7S2. The van der Waals surface area contributed by atoms with Gasteiger partial charge in [0.2, 0.25) is 6.35 Å². The molecule has 17 nitrogen and oxygen atoms in total. The van der Waals surface area contributed by atoms with Crippen molar-refractivity contribution in [2.75, 3.05) is 10.6 Å². The van der Waals surface area contributed by atoms with E-state index in [1.807, 2.05) is 66.7 Å². The lowest BCUT2D eigenvalue weighted by Gasteiger charge is -2.17. The van der Waals surface area contributed by atoms with E-state index in [0.717, 1.165) is 34.3 Å². The number of aliphatic hydroxyl groups is 1. The summed E-state index contributed by atoms with van der Waals surface area (Å²) in [5.74, 6) is 0. The Kier molecular flexibility index (Phi) is 12.4. The summed E-state index contributed by atoms with van der Waals surface area (Å²) >= 11 is 0. The minimum absolute atomic E-state index is 0.220. The van der Waals surface area contributed by atoms with Gasteiger partial charge in [-0.3, -0.25) is 9.11 Å². The van der Waals surface area contributed by atoms with E-state index in [1.54, 1.807) is 54.6 Å². The number of rotatable bonds is 14. The van der Waals surface area contributed by atoms with Crippen molar-refractivity contribution in [2.45, 2.75) is 16.1 Å². The van der Waals surface area contributed by atoms with Gasteiger partial charge in [-0.15, -0.1) is 20.5 Å². The first kappa shape index (κ1) is 42.7. The third kappa shape index (κ3) is 10.6. The fourth-order valence-electron chi connectivity index (χ4n) is 6.30. The number of nitrogens with one attached hydrogen (secondary N) is 2. The van der Waals surface area contributed by atoms with Crippen molar-refractivity contribution in [3.05, 3.63) is 170 Å². The van der Waals surface area contributed by atoms with Gasteiger partial charge in [0.15, 0.2) is 0 Å². The van der Waals surface area contributed by atoms with Crippen LogP contribution in [0.5, 0.6) is 0 Å². The number of nitrogens with zero attached hydrogens (tertiary/aromatic N) is 8. The number of fused-ring (bicyclic) bond motifs is 2. The first-order valence-electron chi connectivity index (χ1n) is 19.1. The summed E-state index contributed by atoms with van der Waals surface area (Å²) in [5, 5.41) is 53.9. The molecule has 0 amide bonds. The normalized spacial score (nSPS) is 12.9. The lowest BCUT2D eigenvalue weighted by Crippen LogP contribution is -2.27. The highest BCUT2D eigenvalue weighted by Gasteiger charge is 2.15. The first-order valence-corrected chi connectivity index (χ1v) is 22.0. The van der Waals surface area contributed by atoms with Crippen LogP contribution < -0.4 is 10.6 Å². The molecule has 0 bridgehead atoms. The van der Waals surface area contributed by atoms with Crippen LogP contribution in [0.1, 0.15) is 0 Å². The fourth-order valence-corrected chi connectivity index (χ4v) is 7.29. The largest absolute Gasteiger partial charge is 0.357 e. The summed E-state index contributed by atoms with van der Waals surface area (Å²) in [4.78, 5) is -0.695. The second-order valence-electron chi connectivity index (χ2n) is 13.8. The predicted molar refractivity (Wildman–Crippen MR) is 243 cm³/mol. The first-order chi connectivity index (χ1) is 30.9. The van der Waals surface area contributed by atoms with Crippen molar-refractivity contribution in [3.63, 3.8) is 0 Å². The number of hydrogen-bond donors (Lipinski definition) is 5. The highest BCUT2D eigenvalue weighted by molar-refractivity contribution is 7.86. The van der Waals surface area contributed by atoms with Gasteiger partial charge >= 0.3 is 0 Å². The zero-order valence-corrected chi connectivity index (χ0v) is 34.7. The SMILES string of the molecule is O=S(=O)(O)c1ccc(/N=N/c2ccc(/N=N/c3ccc(NC(O)Nc4ccc(/N=N/c5ccc(/N=N/c6ccccc6)c6ccccc56)cc4)cc3)c3ccc(S(=O)(=O)O)cc23)cc1. The smallest absolute Gasteiger partial charge is 0.294 e. The quantitative estimate of drug-likeness (QED) is 0.0395. The molecule has 0 aliphatic heterocycles. The predicted octanol–water partition coefficient (Wildman–Crippen LogP) is 12.9. The number of hydrogen-bond acceptors (Lipinski definition) is 15. The molecule has 318 valence electrons. The van der Waals surface area contributed by atoms with Crippen LogP contribution in [0.4, 0.5) is 56.9 Å². The van der Waals surface area contributed by atoms with Gasteiger partial charge in [0, 0.05) is 32.9 Å². The van der Waals surface area contributed by atoms with Crippen molar-refractivity contribution in [1.82, 2.24) is 0 Å². The number of anilines is 2. The zero-order valence-electron chi connectivity index (χ0n) is 33.1. The van der Waals surface area contributed by atoms with Crippen LogP contribution in [0.15, 0.2) is 221 Å². The van der Waals surface area contributed by atoms with Gasteiger partial charge in [-0.1, -0.05) is 48.5 Å². The second-order valence-corrected chi connectivity index (χ2v) is 16.7. The van der Waals surface area contributed by atoms with Gasteiger partial charge in [0.05, 0.1) is 55.3 Å². The van der Waals surface area contributed by atoms with Gasteiger partial charge in [-0.2, -0.15) is 37.3 Å². The molecular weight excluding hydrogens is 857 g/mol.